The lowest BCUT2D eigenvalue weighted by Crippen LogP contribution is -2.20. The smallest absolute Gasteiger partial charge is 0.341 e. The lowest BCUT2D eigenvalue weighted by molar-refractivity contribution is 0.0694. The van der Waals surface area contributed by atoms with Gasteiger partial charge >= 0.3 is 5.97 Å². The van der Waals surface area contributed by atoms with E-state index < -0.39 is 11.4 Å². The highest BCUT2D eigenvalue weighted by molar-refractivity contribution is 6.42. The Hall–Kier alpha value is -2.34. The van der Waals surface area contributed by atoms with Gasteiger partial charge in [0.1, 0.15) is 5.56 Å². The summed E-state index contributed by atoms with van der Waals surface area (Å²) in [7, 11) is 1.57. The van der Waals surface area contributed by atoms with E-state index in [-0.39, 0.29) is 5.56 Å². The van der Waals surface area contributed by atoms with Crippen LogP contribution in [0.2, 0.25) is 10.0 Å². The molecular formula is C20H17Cl2NO4. The summed E-state index contributed by atoms with van der Waals surface area (Å²) in [5.41, 5.74) is 1.55. The van der Waals surface area contributed by atoms with E-state index in [4.69, 9.17) is 27.9 Å². The van der Waals surface area contributed by atoms with Crippen molar-refractivity contribution in [3.63, 3.8) is 0 Å². The molecule has 1 heterocycles. The van der Waals surface area contributed by atoms with Crippen molar-refractivity contribution in [2.24, 2.45) is 0 Å². The molecule has 0 spiro atoms. The van der Waals surface area contributed by atoms with Gasteiger partial charge in [-0.15, -0.1) is 0 Å². The van der Waals surface area contributed by atoms with Gasteiger partial charge in [-0.1, -0.05) is 41.4 Å². The first kappa shape index (κ1) is 19.4. The fourth-order valence-electron chi connectivity index (χ4n) is 2.99. The fourth-order valence-corrected chi connectivity index (χ4v) is 3.37. The molecule has 2 aromatic carbocycles. The highest BCUT2D eigenvalue weighted by Gasteiger charge is 2.15. The summed E-state index contributed by atoms with van der Waals surface area (Å²) in [4.78, 5) is 24.1. The second kappa shape index (κ2) is 8.13. The van der Waals surface area contributed by atoms with E-state index in [1.807, 2.05) is 24.3 Å². The average Bonchev–Trinajstić information content (AvgIpc) is 2.65. The summed E-state index contributed by atoms with van der Waals surface area (Å²) in [6, 6.07) is 10.8. The molecule has 1 aromatic heterocycles. The second-order valence-corrected chi connectivity index (χ2v) is 6.89. The van der Waals surface area contributed by atoms with E-state index >= 15 is 0 Å². The summed E-state index contributed by atoms with van der Waals surface area (Å²) in [5, 5.41) is 10.7. The first-order chi connectivity index (χ1) is 12.9. The zero-order valence-corrected chi connectivity index (χ0v) is 16.0. The van der Waals surface area contributed by atoms with Crippen molar-refractivity contribution in [2.45, 2.75) is 13.0 Å². The molecule has 7 heteroatoms. The minimum atomic E-state index is -1.25. The van der Waals surface area contributed by atoms with Crippen LogP contribution < -0.4 is 5.43 Å². The predicted octanol–water partition coefficient (Wildman–Crippen LogP) is 4.24. The first-order valence-electron chi connectivity index (χ1n) is 8.23. The molecule has 0 atom stereocenters. The van der Waals surface area contributed by atoms with Gasteiger partial charge in [-0.25, -0.2) is 4.79 Å². The number of rotatable bonds is 6. The van der Waals surface area contributed by atoms with Crippen LogP contribution in [-0.4, -0.2) is 29.4 Å². The number of halogens is 2. The summed E-state index contributed by atoms with van der Waals surface area (Å²) in [5.74, 6) is -1.25. The van der Waals surface area contributed by atoms with Crippen molar-refractivity contribution in [3.05, 3.63) is 79.6 Å². The molecule has 0 fully saturated rings. The van der Waals surface area contributed by atoms with Crippen molar-refractivity contribution >= 4 is 40.1 Å². The number of hydrogen-bond donors (Lipinski definition) is 1. The highest BCUT2D eigenvalue weighted by Crippen LogP contribution is 2.28. The van der Waals surface area contributed by atoms with Gasteiger partial charge in [-0.2, -0.15) is 0 Å². The Morgan fingerprint density at radius 3 is 2.70 bits per heavy atom. The zero-order chi connectivity index (χ0) is 19.6. The van der Waals surface area contributed by atoms with Gasteiger partial charge in [-0.05, 0) is 35.7 Å². The van der Waals surface area contributed by atoms with Crippen LogP contribution in [0, 0.1) is 0 Å². The van der Waals surface area contributed by atoms with Gasteiger partial charge in [0.25, 0.3) is 0 Å². The predicted molar refractivity (Wildman–Crippen MR) is 106 cm³/mol. The van der Waals surface area contributed by atoms with Crippen molar-refractivity contribution in [1.82, 2.24) is 4.57 Å². The van der Waals surface area contributed by atoms with Gasteiger partial charge in [0, 0.05) is 25.2 Å². The third-order valence-electron chi connectivity index (χ3n) is 4.34. The molecule has 27 heavy (non-hydrogen) atoms. The highest BCUT2D eigenvalue weighted by atomic mass is 35.5. The summed E-state index contributed by atoms with van der Waals surface area (Å²) in [6.45, 7) is 0.837. The average molecular weight is 406 g/mol. The molecule has 0 aliphatic rings. The number of methoxy groups -OCH3 is 1. The normalized spacial score (nSPS) is 11.1. The van der Waals surface area contributed by atoms with Gasteiger partial charge in [0.15, 0.2) is 0 Å². The van der Waals surface area contributed by atoms with E-state index in [0.717, 1.165) is 11.1 Å². The summed E-state index contributed by atoms with van der Waals surface area (Å²) >= 11 is 12.3. The number of aromatic carboxylic acids is 1. The Bertz CT molecular complexity index is 1080. The lowest BCUT2D eigenvalue weighted by Gasteiger charge is -2.13. The molecule has 0 aliphatic carbocycles. The Morgan fingerprint density at radius 2 is 2.00 bits per heavy atom. The summed E-state index contributed by atoms with van der Waals surface area (Å²) in [6.07, 6.45) is 1.84. The Kier molecular flexibility index (Phi) is 5.85. The van der Waals surface area contributed by atoms with Crippen LogP contribution in [0.1, 0.15) is 21.5 Å². The molecule has 3 rings (SSSR count). The molecule has 0 aliphatic heterocycles. The number of carbonyl (C=O) groups is 1. The molecule has 0 saturated carbocycles. The number of pyridine rings is 1. The third-order valence-corrected chi connectivity index (χ3v) is 5.20. The quantitative estimate of drug-likeness (QED) is 0.665. The van der Waals surface area contributed by atoms with E-state index in [1.54, 1.807) is 23.8 Å². The van der Waals surface area contributed by atoms with E-state index in [9.17, 15) is 14.7 Å². The number of aromatic nitrogens is 1. The number of fused-ring (bicyclic) bond motifs is 1. The van der Waals surface area contributed by atoms with Gasteiger partial charge < -0.3 is 14.4 Å². The van der Waals surface area contributed by atoms with Crippen LogP contribution in [0.25, 0.3) is 10.9 Å². The molecule has 0 unspecified atom stereocenters. The van der Waals surface area contributed by atoms with Crippen molar-refractivity contribution in [1.29, 1.82) is 0 Å². The molecule has 0 bridgehead atoms. The van der Waals surface area contributed by atoms with Gasteiger partial charge in [-0.3, -0.25) is 4.79 Å². The van der Waals surface area contributed by atoms with Crippen LogP contribution in [-0.2, 0) is 17.7 Å². The third kappa shape index (κ3) is 4.00. The van der Waals surface area contributed by atoms with Crippen LogP contribution in [0.4, 0.5) is 0 Å². The van der Waals surface area contributed by atoms with Crippen LogP contribution >= 0.6 is 23.2 Å². The maximum absolute atomic E-state index is 12.6. The topological polar surface area (TPSA) is 68.5 Å². The molecule has 0 saturated heterocycles. The Labute approximate surface area is 165 Å². The standard InChI is InChI=1S/C20H17Cl2NO4/c1-27-8-7-23-11-15(20(25)26)19(24)14-10-12(5-6-17(14)23)9-13-3-2-4-16(21)18(13)22/h2-6,10-11H,7-9H2,1H3,(H,25,26). The minimum Gasteiger partial charge on any atom is -0.477 e. The van der Waals surface area contributed by atoms with E-state index in [2.05, 4.69) is 0 Å². The monoisotopic (exact) mass is 405 g/mol. The SMILES string of the molecule is COCCn1cc(C(=O)O)c(=O)c2cc(Cc3cccc(Cl)c3Cl)ccc21. The lowest BCUT2D eigenvalue weighted by atomic mass is 10.0. The van der Waals surface area contributed by atoms with Crippen LogP contribution in [0.15, 0.2) is 47.4 Å². The second-order valence-electron chi connectivity index (χ2n) is 6.10. The molecule has 3 aromatic rings. The first-order valence-corrected chi connectivity index (χ1v) is 8.99. The maximum atomic E-state index is 12.6. The van der Waals surface area contributed by atoms with Crippen LogP contribution in [0.5, 0.6) is 0 Å². The number of benzene rings is 2. The van der Waals surface area contributed by atoms with Crippen molar-refractivity contribution in [3.8, 4) is 0 Å². The van der Waals surface area contributed by atoms with Gasteiger partial charge in [0.2, 0.25) is 5.43 Å². The van der Waals surface area contributed by atoms with E-state index in [1.165, 1.54) is 6.20 Å². The number of carboxylic acids is 1. The molecule has 5 nitrogen and oxygen atoms in total. The number of carboxylic acid groups (broad SMARTS) is 1. The molecule has 1 N–H and O–H groups in total. The Morgan fingerprint density at radius 1 is 1.22 bits per heavy atom. The summed E-state index contributed by atoms with van der Waals surface area (Å²) < 4.78 is 6.80. The maximum Gasteiger partial charge on any atom is 0.341 e. The zero-order valence-electron chi connectivity index (χ0n) is 14.5. The van der Waals surface area contributed by atoms with E-state index in [0.29, 0.717) is 40.5 Å². The number of ether oxygens (including phenoxy) is 1. The molecule has 140 valence electrons. The van der Waals surface area contributed by atoms with Crippen molar-refractivity contribution in [2.75, 3.05) is 13.7 Å². The minimum absolute atomic E-state index is 0.267. The molecule has 0 amide bonds. The largest absolute Gasteiger partial charge is 0.477 e. The fraction of sp³-hybridized carbons (Fsp3) is 0.200. The number of hydrogen-bond acceptors (Lipinski definition) is 3. The van der Waals surface area contributed by atoms with Gasteiger partial charge in [0.05, 0.1) is 22.2 Å². The molecule has 0 radical (unpaired) electrons. The van der Waals surface area contributed by atoms with Crippen LogP contribution in [0.3, 0.4) is 0 Å². The Balaban J connectivity index is 2.13. The molecular weight excluding hydrogens is 389 g/mol. The number of nitrogens with zero attached hydrogens (tertiary/aromatic N) is 1. The van der Waals surface area contributed by atoms with Crippen molar-refractivity contribution < 1.29 is 14.6 Å².